The summed E-state index contributed by atoms with van der Waals surface area (Å²) in [5.74, 6) is -1.08. The van der Waals surface area contributed by atoms with Gasteiger partial charge >= 0.3 is 6.18 Å². The Kier molecular flexibility index (Phi) is 7.81. The van der Waals surface area contributed by atoms with Crippen molar-refractivity contribution in [3.63, 3.8) is 0 Å². The molecule has 0 aliphatic rings. The number of aromatic amines is 1. The van der Waals surface area contributed by atoms with Crippen molar-refractivity contribution < 1.29 is 23.1 Å². The number of para-hydroxylation sites is 1. The van der Waals surface area contributed by atoms with Gasteiger partial charge in [0.15, 0.2) is 11.8 Å². The summed E-state index contributed by atoms with van der Waals surface area (Å²) < 4.78 is 43.1. The number of phenolic OH excluding ortho intramolecular Hbond substituents is 1. The van der Waals surface area contributed by atoms with Crippen LogP contribution in [0.25, 0.3) is 0 Å². The van der Waals surface area contributed by atoms with Crippen LogP contribution < -0.4 is 21.8 Å². The lowest BCUT2D eigenvalue weighted by molar-refractivity contribution is -0.143. The van der Waals surface area contributed by atoms with Gasteiger partial charge in [-0.05, 0) is 29.1 Å². The van der Waals surface area contributed by atoms with Gasteiger partial charge in [-0.3, -0.25) is 19.5 Å². The van der Waals surface area contributed by atoms with Gasteiger partial charge in [-0.2, -0.15) is 13.2 Å². The number of H-pyrrole nitrogens is 1. The second-order valence-electron chi connectivity index (χ2n) is 8.73. The number of benzene rings is 2. The molecule has 0 bridgehead atoms. The number of aromatic nitrogens is 2. The van der Waals surface area contributed by atoms with Gasteiger partial charge in [0, 0.05) is 19.0 Å². The number of nitrogens with zero attached hydrogens (tertiary/aromatic N) is 2. The molecular formula is C26H24F3N5O4S. The number of aromatic hydroxyl groups is 1. The van der Waals surface area contributed by atoms with Gasteiger partial charge in [0.05, 0.1) is 17.8 Å². The first kappa shape index (κ1) is 27.5. The normalized spacial score (nSPS) is 12.1. The van der Waals surface area contributed by atoms with Crippen molar-refractivity contribution in [1.82, 2.24) is 14.7 Å². The number of alkyl halides is 3. The molecule has 4 aromatic rings. The molecule has 0 saturated heterocycles. The summed E-state index contributed by atoms with van der Waals surface area (Å²) in [5, 5.41) is 19.4. The highest BCUT2D eigenvalue weighted by Gasteiger charge is 2.42. The maximum absolute atomic E-state index is 14.1. The average molecular weight is 560 g/mol. The maximum atomic E-state index is 14.1. The third kappa shape index (κ3) is 5.98. The van der Waals surface area contributed by atoms with Gasteiger partial charge in [0.25, 0.3) is 17.0 Å². The smallest absolute Gasteiger partial charge is 0.413 e. The molecule has 0 saturated carbocycles. The third-order valence-corrected chi connectivity index (χ3v) is 6.67. The van der Waals surface area contributed by atoms with E-state index in [1.54, 1.807) is 30.3 Å². The van der Waals surface area contributed by atoms with Gasteiger partial charge in [0.2, 0.25) is 0 Å². The molecule has 0 aliphatic heterocycles. The van der Waals surface area contributed by atoms with Crippen molar-refractivity contribution in [3.05, 3.63) is 103 Å². The lowest BCUT2D eigenvalue weighted by Crippen LogP contribution is -2.36. The molecule has 9 nitrogen and oxygen atoms in total. The number of amides is 1. The minimum atomic E-state index is -4.81. The first-order valence-electron chi connectivity index (χ1n) is 11.6. The largest absolute Gasteiger partial charge is 0.505 e. The predicted octanol–water partition coefficient (Wildman–Crippen LogP) is 4.51. The van der Waals surface area contributed by atoms with E-state index >= 15 is 0 Å². The molecule has 4 N–H and O–H groups in total. The van der Waals surface area contributed by atoms with Crippen molar-refractivity contribution in [3.8, 4) is 5.75 Å². The van der Waals surface area contributed by atoms with Crippen LogP contribution in [-0.2, 0) is 6.54 Å². The van der Waals surface area contributed by atoms with Crippen LogP contribution in [0.15, 0.2) is 75.6 Å². The highest BCUT2D eigenvalue weighted by molar-refractivity contribution is 7.10. The van der Waals surface area contributed by atoms with E-state index in [0.29, 0.717) is 5.56 Å². The molecule has 2 aromatic carbocycles. The second-order valence-corrected chi connectivity index (χ2v) is 9.71. The van der Waals surface area contributed by atoms with Crippen molar-refractivity contribution in [2.75, 3.05) is 24.7 Å². The Morgan fingerprint density at radius 2 is 1.77 bits per heavy atom. The summed E-state index contributed by atoms with van der Waals surface area (Å²) in [6, 6.07) is 13.2. The zero-order valence-corrected chi connectivity index (χ0v) is 21.6. The summed E-state index contributed by atoms with van der Waals surface area (Å²) in [6.07, 6.45) is -4.81. The molecule has 13 heteroatoms. The topological polar surface area (TPSA) is 119 Å². The minimum Gasteiger partial charge on any atom is -0.505 e. The van der Waals surface area contributed by atoms with Crippen LogP contribution in [0.1, 0.15) is 26.8 Å². The molecule has 1 atom stereocenters. The highest BCUT2D eigenvalue weighted by Crippen LogP contribution is 2.39. The molecule has 204 valence electrons. The van der Waals surface area contributed by atoms with Crippen LogP contribution >= 0.6 is 11.3 Å². The quantitative estimate of drug-likeness (QED) is 0.236. The minimum absolute atomic E-state index is 0.0807. The van der Waals surface area contributed by atoms with Gasteiger partial charge in [-0.1, -0.05) is 42.5 Å². The average Bonchev–Trinajstić information content (AvgIpc) is 3.41. The first-order valence-corrected chi connectivity index (χ1v) is 12.4. The fourth-order valence-corrected chi connectivity index (χ4v) is 4.62. The number of carbonyl (C=O) groups is 1. The molecule has 0 fully saturated rings. The number of rotatable bonds is 8. The zero-order chi connectivity index (χ0) is 28.3. The maximum Gasteiger partial charge on any atom is 0.413 e. The first-order chi connectivity index (χ1) is 18.5. The van der Waals surface area contributed by atoms with Crippen LogP contribution in [-0.4, -0.2) is 46.0 Å². The van der Waals surface area contributed by atoms with Crippen LogP contribution in [0.5, 0.6) is 5.75 Å². The number of nitrogens with one attached hydrogen (secondary N) is 3. The number of anilines is 3. The van der Waals surface area contributed by atoms with Crippen LogP contribution in [0.4, 0.5) is 30.2 Å². The molecule has 39 heavy (non-hydrogen) atoms. The van der Waals surface area contributed by atoms with E-state index in [4.69, 9.17) is 0 Å². The number of hydrogen-bond donors (Lipinski definition) is 4. The second kappa shape index (κ2) is 11.1. The molecule has 0 aliphatic carbocycles. The SMILES string of the molecule is CN(C)C(=O)c1cccc(Nc2c(NC(c3cccs3)C(F)(F)F)c(=O)[nH]n(Cc3ccccc3)c2=O)c1O. The lowest BCUT2D eigenvalue weighted by atomic mass is 10.1. The number of phenols is 1. The summed E-state index contributed by atoms with van der Waals surface area (Å²) in [7, 11) is 2.95. The van der Waals surface area contributed by atoms with E-state index in [0.717, 1.165) is 16.0 Å². The van der Waals surface area contributed by atoms with E-state index in [1.807, 2.05) is 0 Å². The molecule has 1 unspecified atom stereocenters. The number of hydrogen-bond acceptors (Lipinski definition) is 7. The Morgan fingerprint density at radius 1 is 1.05 bits per heavy atom. The molecule has 4 rings (SSSR count). The van der Waals surface area contributed by atoms with Crippen molar-refractivity contribution in [1.29, 1.82) is 0 Å². The van der Waals surface area contributed by atoms with Gasteiger partial charge in [-0.15, -0.1) is 11.3 Å². The van der Waals surface area contributed by atoms with E-state index in [-0.39, 0.29) is 22.7 Å². The summed E-state index contributed by atoms with van der Waals surface area (Å²) in [5.41, 5.74) is -2.69. The molecule has 2 aromatic heterocycles. The van der Waals surface area contributed by atoms with Crippen LogP contribution in [0, 0.1) is 0 Å². The monoisotopic (exact) mass is 559 g/mol. The van der Waals surface area contributed by atoms with Crippen LogP contribution in [0.3, 0.4) is 0 Å². The number of carbonyl (C=O) groups excluding carboxylic acids is 1. The Labute approximate surface area is 224 Å². The standard InChI is InChI=1S/C26H24F3N5O4S/c1-33(2)24(37)16-10-6-11-17(21(16)35)30-20-19(31-22(26(27,28)29)18-12-7-13-39-18)23(36)32-34(25(20)38)14-15-8-4-3-5-9-15/h3-13,22,30-31,35H,14H2,1-2H3,(H,32,36). The number of halogens is 3. The Morgan fingerprint density at radius 3 is 2.38 bits per heavy atom. The summed E-state index contributed by atoms with van der Waals surface area (Å²) in [4.78, 5) is 40.3. The summed E-state index contributed by atoms with van der Waals surface area (Å²) in [6.45, 7) is -0.0807. The van der Waals surface area contributed by atoms with E-state index in [9.17, 15) is 32.7 Å². The molecule has 0 spiro atoms. The van der Waals surface area contributed by atoms with E-state index in [2.05, 4.69) is 15.7 Å². The Hall–Kier alpha value is -4.52. The fraction of sp³-hybridized carbons (Fsp3) is 0.192. The number of thiophene rings is 1. The third-order valence-electron chi connectivity index (χ3n) is 5.73. The zero-order valence-electron chi connectivity index (χ0n) is 20.7. The van der Waals surface area contributed by atoms with Gasteiger partial charge in [-0.25, -0.2) is 4.68 Å². The van der Waals surface area contributed by atoms with Crippen molar-refractivity contribution in [2.45, 2.75) is 18.8 Å². The molecule has 0 radical (unpaired) electrons. The molecule has 1 amide bonds. The van der Waals surface area contributed by atoms with E-state index in [1.165, 1.54) is 54.7 Å². The fourth-order valence-electron chi connectivity index (χ4n) is 3.82. The lowest BCUT2D eigenvalue weighted by Gasteiger charge is -2.23. The van der Waals surface area contributed by atoms with Gasteiger partial charge in [0.1, 0.15) is 11.4 Å². The van der Waals surface area contributed by atoms with E-state index < -0.39 is 46.4 Å². The van der Waals surface area contributed by atoms with Crippen LogP contribution in [0.2, 0.25) is 0 Å². The Bertz CT molecular complexity index is 1580. The van der Waals surface area contributed by atoms with Crippen molar-refractivity contribution >= 4 is 34.3 Å². The molecule has 2 heterocycles. The van der Waals surface area contributed by atoms with Gasteiger partial charge < -0.3 is 20.6 Å². The highest BCUT2D eigenvalue weighted by atomic mass is 32.1. The predicted molar refractivity (Wildman–Crippen MR) is 143 cm³/mol. The molecular weight excluding hydrogens is 535 g/mol. The Balaban J connectivity index is 1.87. The van der Waals surface area contributed by atoms with Crippen molar-refractivity contribution in [2.24, 2.45) is 0 Å². The summed E-state index contributed by atoms with van der Waals surface area (Å²) >= 11 is 0.832.